The van der Waals surface area contributed by atoms with Crippen molar-refractivity contribution in [2.24, 2.45) is 0 Å². The normalized spacial score (nSPS) is 14.2. The highest BCUT2D eigenvalue weighted by molar-refractivity contribution is 9.10. The van der Waals surface area contributed by atoms with Gasteiger partial charge in [-0.25, -0.2) is 4.39 Å². The standard InChI is InChI=1S/C25H21BrFN3O4S/c1-28-25(31)23-20-10-19(14-2-3-14)21(30(35(32)33)13-18-9-6-16(26)12-29-18)11-22(20)34-24(23)15-4-7-17(27)8-5-15/h4-12,14H,2-3,13H2,1H3,(H,28,31)(H,32,33)/p-1. The summed E-state index contributed by atoms with van der Waals surface area (Å²) in [7, 11) is 1.53. The molecule has 0 saturated heterocycles. The van der Waals surface area contributed by atoms with Crippen molar-refractivity contribution in [1.82, 2.24) is 10.3 Å². The van der Waals surface area contributed by atoms with Gasteiger partial charge in [-0.3, -0.25) is 18.3 Å². The average Bonchev–Trinajstić information content (AvgIpc) is 3.63. The molecule has 1 saturated carbocycles. The number of halogens is 2. The summed E-state index contributed by atoms with van der Waals surface area (Å²) in [4.78, 5) is 17.2. The minimum absolute atomic E-state index is 0.0441. The third-order valence-corrected chi connectivity index (χ3v) is 7.11. The van der Waals surface area contributed by atoms with E-state index < -0.39 is 17.1 Å². The van der Waals surface area contributed by atoms with Crippen molar-refractivity contribution in [2.45, 2.75) is 25.3 Å². The van der Waals surface area contributed by atoms with Crippen molar-refractivity contribution in [3.63, 3.8) is 0 Å². The fraction of sp³-hybridized carbons (Fsp3) is 0.200. The maximum Gasteiger partial charge on any atom is 0.255 e. The van der Waals surface area contributed by atoms with Gasteiger partial charge in [0.2, 0.25) is 0 Å². The summed E-state index contributed by atoms with van der Waals surface area (Å²) in [6, 6.07) is 12.7. The Bertz CT molecular complexity index is 1440. The van der Waals surface area contributed by atoms with Gasteiger partial charge in [0, 0.05) is 46.0 Å². The number of nitrogens with one attached hydrogen (secondary N) is 1. The first-order chi connectivity index (χ1) is 16.9. The van der Waals surface area contributed by atoms with Gasteiger partial charge < -0.3 is 14.3 Å². The Morgan fingerprint density at radius 1 is 1.26 bits per heavy atom. The molecule has 2 aromatic carbocycles. The fourth-order valence-electron chi connectivity index (χ4n) is 4.11. The Morgan fingerprint density at radius 3 is 2.60 bits per heavy atom. The van der Waals surface area contributed by atoms with Crippen LogP contribution in [0.25, 0.3) is 22.3 Å². The lowest BCUT2D eigenvalue weighted by Gasteiger charge is -2.28. The van der Waals surface area contributed by atoms with Crippen LogP contribution in [0.4, 0.5) is 10.1 Å². The van der Waals surface area contributed by atoms with Crippen molar-refractivity contribution in [3.05, 3.63) is 81.8 Å². The molecule has 1 N–H and O–H groups in total. The lowest BCUT2D eigenvalue weighted by Crippen LogP contribution is -2.26. The number of carbonyl (C=O) groups excluding carboxylic acids is 1. The Labute approximate surface area is 211 Å². The molecule has 2 aromatic heterocycles. The molecule has 1 unspecified atom stereocenters. The molecule has 0 bridgehead atoms. The van der Waals surface area contributed by atoms with Gasteiger partial charge >= 0.3 is 0 Å². The van der Waals surface area contributed by atoms with E-state index in [4.69, 9.17) is 4.42 Å². The molecule has 1 amide bonds. The van der Waals surface area contributed by atoms with Gasteiger partial charge in [0.15, 0.2) is 0 Å². The Balaban J connectivity index is 1.69. The summed E-state index contributed by atoms with van der Waals surface area (Å²) in [5.41, 5.74) is 3.13. The second-order valence-corrected chi connectivity index (χ2v) is 10.1. The molecule has 35 heavy (non-hydrogen) atoms. The number of furan rings is 1. The van der Waals surface area contributed by atoms with Crippen molar-refractivity contribution in [2.75, 3.05) is 11.4 Å². The highest BCUT2D eigenvalue weighted by atomic mass is 79.9. The molecular formula is C25H20BrFN3O4S-. The Hall–Kier alpha value is -3.08. The van der Waals surface area contributed by atoms with Gasteiger partial charge in [0.05, 0.1) is 23.5 Å². The molecular weight excluding hydrogens is 537 g/mol. The van der Waals surface area contributed by atoms with E-state index in [0.717, 1.165) is 22.9 Å². The summed E-state index contributed by atoms with van der Waals surface area (Å²) in [6.45, 7) is 0.0441. The van der Waals surface area contributed by atoms with E-state index in [2.05, 4.69) is 26.2 Å². The SMILES string of the molecule is CNC(=O)c1c(-c2ccc(F)cc2)oc2cc(N(Cc3ccc(Br)cn3)S(=O)[O-])c(C3CC3)cc12. The van der Waals surface area contributed by atoms with E-state index in [9.17, 15) is 17.9 Å². The van der Waals surface area contributed by atoms with Crippen LogP contribution in [0.5, 0.6) is 0 Å². The molecule has 1 aliphatic rings. The highest BCUT2D eigenvalue weighted by Crippen LogP contribution is 2.48. The zero-order valence-corrected chi connectivity index (χ0v) is 21.0. The number of pyridine rings is 1. The van der Waals surface area contributed by atoms with E-state index in [0.29, 0.717) is 39.2 Å². The number of rotatable bonds is 7. The molecule has 1 fully saturated rings. The quantitative estimate of drug-likeness (QED) is 0.306. The molecule has 4 aromatic rings. The molecule has 180 valence electrons. The number of benzene rings is 2. The summed E-state index contributed by atoms with van der Waals surface area (Å²) in [6.07, 6.45) is 3.46. The van der Waals surface area contributed by atoms with Crippen LogP contribution in [-0.2, 0) is 17.8 Å². The van der Waals surface area contributed by atoms with E-state index in [-0.39, 0.29) is 18.4 Å². The number of carbonyl (C=O) groups is 1. The number of nitrogens with zero attached hydrogens (tertiary/aromatic N) is 2. The highest BCUT2D eigenvalue weighted by Gasteiger charge is 2.31. The van der Waals surface area contributed by atoms with Gasteiger partial charge in [0.1, 0.15) is 17.2 Å². The molecule has 0 aliphatic heterocycles. The second kappa shape index (κ2) is 9.52. The number of fused-ring (bicyclic) bond motifs is 1. The number of hydrogen-bond donors (Lipinski definition) is 1. The van der Waals surface area contributed by atoms with Gasteiger partial charge in [-0.05, 0) is 82.7 Å². The molecule has 2 heterocycles. The van der Waals surface area contributed by atoms with Gasteiger partial charge in [0.25, 0.3) is 5.91 Å². The van der Waals surface area contributed by atoms with E-state index in [1.54, 1.807) is 36.5 Å². The maximum atomic E-state index is 13.5. The molecule has 0 spiro atoms. The number of aromatic nitrogens is 1. The van der Waals surface area contributed by atoms with E-state index >= 15 is 0 Å². The molecule has 5 rings (SSSR count). The minimum atomic E-state index is -2.58. The maximum absolute atomic E-state index is 13.5. The molecule has 10 heteroatoms. The van der Waals surface area contributed by atoms with Crippen molar-refractivity contribution in [1.29, 1.82) is 0 Å². The van der Waals surface area contributed by atoms with E-state index in [1.807, 2.05) is 6.07 Å². The van der Waals surface area contributed by atoms with Gasteiger partial charge in [-0.2, -0.15) is 0 Å². The first-order valence-corrected chi connectivity index (χ1v) is 12.7. The topological polar surface area (TPSA) is 98.5 Å². The monoisotopic (exact) mass is 556 g/mol. The molecule has 0 radical (unpaired) electrons. The van der Waals surface area contributed by atoms with Crippen molar-refractivity contribution in [3.8, 4) is 11.3 Å². The summed E-state index contributed by atoms with van der Waals surface area (Å²) < 4.78 is 46.4. The lowest BCUT2D eigenvalue weighted by atomic mass is 10.0. The second-order valence-electron chi connectivity index (χ2n) is 8.30. The predicted octanol–water partition coefficient (Wildman–Crippen LogP) is 5.43. The number of anilines is 1. The zero-order valence-electron chi connectivity index (χ0n) is 18.6. The minimum Gasteiger partial charge on any atom is -0.755 e. The van der Waals surface area contributed by atoms with Crippen LogP contribution in [-0.4, -0.2) is 26.7 Å². The summed E-state index contributed by atoms with van der Waals surface area (Å²) >= 11 is 0.757. The third kappa shape index (κ3) is 4.73. The average molecular weight is 557 g/mol. The van der Waals surface area contributed by atoms with Gasteiger partial charge in [-0.1, -0.05) is 0 Å². The molecule has 1 atom stereocenters. The Kier molecular flexibility index (Phi) is 6.43. The van der Waals surface area contributed by atoms with Crippen molar-refractivity contribution < 1.29 is 22.4 Å². The number of hydrogen-bond acceptors (Lipinski definition) is 5. The van der Waals surface area contributed by atoms with Crippen LogP contribution in [0.3, 0.4) is 0 Å². The molecule has 7 nitrogen and oxygen atoms in total. The largest absolute Gasteiger partial charge is 0.755 e. The van der Waals surface area contributed by atoms with Crippen LogP contribution in [0.1, 0.15) is 40.4 Å². The lowest BCUT2D eigenvalue weighted by molar-refractivity contribution is 0.0964. The fourth-order valence-corrected chi connectivity index (χ4v) is 4.90. The van der Waals surface area contributed by atoms with Gasteiger partial charge in [-0.15, -0.1) is 0 Å². The Morgan fingerprint density at radius 2 is 2.00 bits per heavy atom. The molecule has 1 aliphatic carbocycles. The van der Waals surface area contributed by atoms with Crippen LogP contribution in [0.2, 0.25) is 0 Å². The van der Waals surface area contributed by atoms with Crippen molar-refractivity contribution >= 4 is 49.8 Å². The van der Waals surface area contributed by atoms with Crippen LogP contribution in [0, 0.1) is 5.82 Å². The number of amides is 1. The predicted molar refractivity (Wildman–Crippen MR) is 134 cm³/mol. The smallest absolute Gasteiger partial charge is 0.255 e. The van der Waals surface area contributed by atoms with E-state index in [1.165, 1.54) is 23.5 Å². The van der Waals surface area contributed by atoms with Crippen LogP contribution in [0.15, 0.2) is 63.6 Å². The summed E-state index contributed by atoms with van der Waals surface area (Å²) in [5.74, 6) is -0.275. The van der Waals surface area contributed by atoms with Crippen LogP contribution < -0.4 is 9.62 Å². The van der Waals surface area contributed by atoms with Crippen LogP contribution >= 0.6 is 15.9 Å². The first-order valence-electron chi connectivity index (χ1n) is 10.9. The zero-order chi connectivity index (χ0) is 24.7. The summed E-state index contributed by atoms with van der Waals surface area (Å²) in [5, 5.41) is 3.22. The first kappa shape index (κ1) is 23.7. The third-order valence-electron chi connectivity index (χ3n) is 5.96.